The molecule has 2 aliphatic heterocycles. The number of halogens is 3. The molecule has 5 nitrogen and oxygen atoms in total. The minimum Gasteiger partial charge on any atom is -0.465 e. The summed E-state index contributed by atoms with van der Waals surface area (Å²) in [5, 5.41) is 0.305. The number of rotatable bonds is 3. The molecule has 3 aliphatic rings. The molecule has 0 aromatic heterocycles. The summed E-state index contributed by atoms with van der Waals surface area (Å²) in [6.45, 7) is 5.13. The van der Waals surface area contributed by atoms with Gasteiger partial charge >= 0.3 is 5.97 Å². The lowest BCUT2D eigenvalue weighted by Gasteiger charge is -2.46. The van der Waals surface area contributed by atoms with Gasteiger partial charge in [-0.1, -0.05) is 11.6 Å². The van der Waals surface area contributed by atoms with Gasteiger partial charge in [-0.3, -0.25) is 4.90 Å². The van der Waals surface area contributed by atoms with Crippen molar-refractivity contribution < 1.29 is 27.8 Å². The zero-order valence-electron chi connectivity index (χ0n) is 16.2. The maximum atomic E-state index is 13.2. The van der Waals surface area contributed by atoms with E-state index in [4.69, 9.17) is 25.8 Å². The van der Waals surface area contributed by atoms with Crippen LogP contribution in [0.25, 0.3) is 0 Å². The largest absolute Gasteiger partial charge is 0.465 e. The van der Waals surface area contributed by atoms with Crippen molar-refractivity contribution in [3.63, 3.8) is 0 Å². The molecular formula is C20H24ClF2NO4. The number of ether oxygens (including phenoxy) is 3. The maximum absolute atomic E-state index is 13.2. The minimum atomic E-state index is -2.50. The molecule has 0 amide bonds. The number of fused-ring (bicyclic) bond motifs is 1. The van der Waals surface area contributed by atoms with E-state index >= 15 is 0 Å². The van der Waals surface area contributed by atoms with Crippen LogP contribution >= 0.6 is 11.6 Å². The first kappa shape index (κ1) is 19.7. The Kier molecular flexibility index (Phi) is 4.74. The van der Waals surface area contributed by atoms with E-state index in [1.165, 1.54) is 13.2 Å². The topological polar surface area (TPSA) is 48.0 Å². The highest BCUT2D eigenvalue weighted by Crippen LogP contribution is 2.51. The predicted molar refractivity (Wildman–Crippen MR) is 99.5 cm³/mol. The van der Waals surface area contributed by atoms with Crippen LogP contribution in [0.5, 0.6) is 11.5 Å². The van der Waals surface area contributed by atoms with Crippen LogP contribution in [-0.4, -0.2) is 48.8 Å². The Labute approximate surface area is 167 Å². The smallest absolute Gasteiger partial charge is 0.338 e. The third-order valence-electron chi connectivity index (χ3n) is 6.31. The monoisotopic (exact) mass is 415 g/mol. The number of likely N-dealkylation sites (tertiary alicyclic amines) is 1. The number of piperidine rings is 1. The van der Waals surface area contributed by atoms with Crippen LogP contribution in [-0.2, 0) is 4.74 Å². The number of benzene rings is 1. The molecule has 0 unspecified atom stereocenters. The number of alkyl halides is 2. The zero-order valence-corrected chi connectivity index (χ0v) is 16.9. The SMILES string of the molecule is COC(=O)c1cc(Cl)c2c(c1C)O[C@](C)(C1CCN(C3CC(F)(F)C3)CC1)O2. The molecule has 1 saturated carbocycles. The van der Waals surface area contributed by atoms with E-state index < -0.39 is 17.7 Å². The van der Waals surface area contributed by atoms with Crippen molar-refractivity contribution in [2.45, 2.75) is 57.3 Å². The normalized spacial score (nSPS) is 27.5. The van der Waals surface area contributed by atoms with Gasteiger partial charge in [0.1, 0.15) is 0 Å². The van der Waals surface area contributed by atoms with Gasteiger partial charge in [0, 0.05) is 37.3 Å². The number of hydrogen-bond donors (Lipinski definition) is 0. The fourth-order valence-corrected chi connectivity index (χ4v) is 4.74. The second-order valence-corrected chi connectivity index (χ2v) is 8.54. The van der Waals surface area contributed by atoms with Crippen LogP contribution in [0.1, 0.15) is 48.5 Å². The molecule has 4 rings (SSSR count). The molecule has 0 radical (unpaired) electrons. The fourth-order valence-electron chi connectivity index (χ4n) is 4.51. The van der Waals surface area contributed by atoms with Crippen molar-refractivity contribution in [1.29, 1.82) is 0 Å². The Bertz CT molecular complexity index is 802. The van der Waals surface area contributed by atoms with Crippen LogP contribution < -0.4 is 9.47 Å². The van der Waals surface area contributed by atoms with Crippen molar-refractivity contribution in [1.82, 2.24) is 4.90 Å². The van der Waals surface area contributed by atoms with Crippen molar-refractivity contribution in [3.05, 3.63) is 22.2 Å². The molecule has 1 atom stereocenters. The highest BCUT2D eigenvalue weighted by molar-refractivity contribution is 6.32. The molecule has 1 aromatic carbocycles. The summed E-state index contributed by atoms with van der Waals surface area (Å²) < 4.78 is 43.5. The quantitative estimate of drug-likeness (QED) is 0.683. The predicted octanol–water partition coefficient (Wildman–Crippen LogP) is 4.43. The third kappa shape index (κ3) is 3.22. The van der Waals surface area contributed by atoms with E-state index in [9.17, 15) is 13.6 Å². The van der Waals surface area contributed by atoms with Gasteiger partial charge in [0.25, 0.3) is 11.7 Å². The average Bonchev–Trinajstić information content (AvgIpc) is 3.02. The van der Waals surface area contributed by atoms with Gasteiger partial charge in [-0.15, -0.1) is 0 Å². The summed E-state index contributed by atoms with van der Waals surface area (Å²) in [7, 11) is 1.32. The van der Waals surface area contributed by atoms with Gasteiger partial charge in [-0.05, 0) is 38.9 Å². The van der Waals surface area contributed by atoms with Gasteiger partial charge in [-0.2, -0.15) is 0 Å². The number of carbonyl (C=O) groups excluding carboxylic acids is 1. The number of methoxy groups -OCH3 is 1. The van der Waals surface area contributed by atoms with Gasteiger partial charge in [0.15, 0.2) is 11.5 Å². The molecule has 2 fully saturated rings. The first-order valence-electron chi connectivity index (χ1n) is 9.55. The highest BCUT2D eigenvalue weighted by Gasteiger charge is 2.51. The van der Waals surface area contributed by atoms with Crippen LogP contribution in [0.2, 0.25) is 5.02 Å². The summed E-state index contributed by atoms with van der Waals surface area (Å²) in [6.07, 6.45) is 1.48. The molecule has 1 aromatic rings. The van der Waals surface area contributed by atoms with Crippen molar-refractivity contribution in [2.75, 3.05) is 20.2 Å². The molecule has 2 heterocycles. The molecule has 8 heteroatoms. The molecule has 1 saturated heterocycles. The second-order valence-electron chi connectivity index (χ2n) is 8.13. The lowest BCUT2D eigenvalue weighted by Crippen LogP contribution is -2.55. The molecule has 28 heavy (non-hydrogen) atoms. The molecule has 0 spiro atoms. The van der Waals surface area contributed by atoms with E-state index in [1.54, 1.807) is 6.92 Å². The Hall–Kier alpha value is -1.60. The summed E-state index contributed by atoms with van der Waals surface area (Å²) in [4.78, 5) is 14.1. The van der Waals surface area contributed by atoms with Crippen molar-refractivity contribution in [3.8, 4) is 11.5 Å². The number of nitrogens with zero attached hydrogens (tertiary/aromatic N) is 1. The number of hydrogen-bond acceptors (Lipinski definition) is 5. The van der Waals surface area contributed by atoms with Gasteiger partial charge < -0.3 is 14.2 Å². The maximum Gasteiger partial charge on any atom is 0.338 e. The summed E-state index contributed by atoms with van der Waals surface area (Å²) in [6, 6.07) is 1.52. The zero-order chi connectivity index (χ0) is 20.3. The average molecular weight is 416 g/mol. The number of esters is 1. The van der Waals surface area contributed by atoms with Gasteiger partial charge in [-0.25, -0.2) is 13.6 Å². The van der Waals surface area contributed by atoms with Gasteiger partial charge in [0.05, 0.1) is 17.7 Å². The molecule has 154 valence electrons. The van der Waals surface area contributed by atoms with Crippen LogP contribution in [0.4, 0.5) is 8.78 Å². The Morgan fingerprint density at radius 1 is 1.25 bits per heavy atom. The Morgan fingerprint density at radius 2 is 1.86 bits per heavy atom. The molecule has 1 aliphatic carbocycles. The highest BCUT2D eigenvalue weighted by atomic mass is 35.5. The first-order valence-corrected chi connectivity index (χ1v) is 9.92. The number of carbonyl (C=O) groups is 1. The summed E-state index contributed by atoms with van der Waals surface area (Å²) in [5.41, 5.74) is 0.976. The molecule has 0 bridgehead atoms. The first-order chi connectivity index (χ1) is 13.1. The van der Waals surface area contributed by atoms with E-state index in [2.05, 4.69) is 4.90 Å². The van der Waals surface area contributed by atoms with Crippen LogP contribution in [0.15, 0.2) is 6.07 Å². The van der Waals surface area contributed by atoms with Crippen LogP contribution in [0.3, 0.4) is 0 Å². The van der Waals surface area contributed by atoms with E-state index in [1.807, 2.05) is 6.92 Å². The van der Waals surface area contributed by atoms with E-state index in [0.717, 1.165) is 25.9 Å². The van der Waals surface area contributed by atoms with Crippen molar-refractivity contribution in [2.24, 2.45) is 5.92 Å². The minimum absolute atomic E-state index is 0.0225. The lowest BCUT2D eigenvalue weighted by atomic mass is 9.83. The standard InChI is InChI=1S/C20H24ClF2NO4/c1-11-14(18(25)26-3)8-15(21)17-16(11)27-19(2,28-17)12-4-6-24(7-5-12)13-9-20(22,23)10-13/h8,12-13H,4-7,9-10H2,1-3H3/t19-/m0/s1. The Morgan fingerprint density at radius 3 is 2.43 bits per heavy atom. The van der Waals surface area contributed by atoms with Gasteiger partial charge in [0.2, 0.25) is 0 Å². The lowest BCUT2D eigenvalue weighted by molar-refractivity contribution is -0.151. The van der Waals surface area contributed by atoms with E-state index in [-0.39, 0.29) is 24.8 Å². The van der Waals surface area contributed by atoms with Crippen LogP contribution in [0, 0.1) is 12.8 Å². The third-order valence-corrected chi connectivity index (χ3v) is 6.59. The fraction of sp³-hybridized carbons (Fsp3) is 0.650. The van der Waals surface area contributed by atoms with Crippen molar-refractivity contribution >= 4 is 17.6 Å². The van der Waals surface area contributed by atoms with E-state index in [0.29, 0.717) is 27.6 Å². The Balaban J connectivity index is 1.47. The molecular weight excluding hydrogens is 392 g/mol. The molecule has 0 N–H and O–H groups in total. The summed E-state index contributed by atoms with van der Waals surface area (Å²) in [5.74, 6) is -2.88. The second kappa shape index (κ2) is 6.73. The summed E-state index contributed by atoms with van der Waals surface area (Å²) >= 11 is 6.34.